The molecule has 1 aromatic carbocycles. The van der Waals surface area contributed by atoms with Gasteiger partial charge < -0.3 is 20.1 Å². The summed E-state index contributed by atoms with van der Waals surface area (Å²) in [6.07, 6.45) is 0.629. The molecule has 0 amide bonds. The number of carbonyl (C=O) groups is 1. The lowest BCUT2D eigenvalue weighted by Gasteiger charge is -2.24. The van der Waals surface area contributed by atoms with Gasteiger partial charge in [-0.25, -0.2) is 14.3 Å². The number of esters is 1. The summed E-state index contributed by atoms with van der Waals surface area (Å²) in [6, 6.07) is 7.37. The average Bonchev–Trinajstić information content (AvgIpc) is 3.13. The van der Waals surface area contributed by atoms with Crippen molar-refractivity contribution in [1.82, 2.24) is 19.6 Å². The molecule has 0 unspecified atom stereocenters. The molecule has 1 aromatic heterocycles. The average molecular weight is 499 g/mol. The molecule has 1 aliphatic heterocycles. The van der Waals surface area contributed by atoms with Crippen molar-refractivity contribution in [3.8, 4) is 5.75 Å². The smallest absolute Gasteiger partial charge is 0.459 e. The van der Waals surface area contributed by atoms with Gasteiger partial charge in [0.25, 0.3) is 0 Å². The predicted octanol–water partition coefficient (Wildman–Crippen LogP) is 1.33. The van der Waals surface area contributed by atoms with Crippen LogP contribution in [0.1, 0.15) is 25.6 Å². The standard InChI is InChI=1S/C19H26N5O7PS/c1-3-29-17(26)12(2)23-32(28,31-13-7-5-4-6-8-13)30-10-15-14(25)9-16(33-15)24-11-21-18(20)22-19(24)27/h4-8,11-12,14-16,25H,3,9-10H2,1-2H3,(H,23,28)(H2,20,22,27)/t12-,14-,15+,16+,32-/m0/s1. The van der Waals surface area contributed by atoms with Gasteiger partial charge in [0.2, 0.25) is 5.95 Å². The van der Waals surface area contributed by atoms with Crippen LogP contribution in [0.2, 0.25) is 0 Å². The molecule has 2 aromatic rings. The van der Waals surface area contributed by atoms with Crippen LogP contribution in [0.3, 0.4) is 0 Å². The second-order valence-electron chi connectivity index (χ2n) is 7.14. The summed E-state index contributed by atoms with van der Waals surface area (Å²) in [5.41, 5.74) is 4.84. The number of rotatable bonds is 10. The number of nitrogen functional groups attached to an aromatic ring is 1. The van der Waals surface area contributed by atoms with Crippen LogP contribution in [0.5, 0.6) is 5.75 Å². The fraction of sp³-hybridized carbons (Fsp3) is 0.474. The Hall–Kier alpha value is -2.44. The molecule has 0 bridgehead atoms. The highest BCUT2D eigenvalue weighted by Gasteiger charge is 2.39. The van der Waals surface area contributed by atoms with Crippen LogP contribution in [0, 0.1) is 0 Å². The normalized spacial score (nSPS) is 22.9. The van der Waals surface area contributed by atoms with Crippen molar-refractivity contribution in [2.75, 3.05) is 18.9 Å². The Balaban J connectivity index is 1.71. The molecule has 1 saturated heterocycles. The van der Waals surface area contributed by atoms with Crippen LogP contribution < -0.4 is 21.0 Å². The maximum Gasteiger partial charge on any atom is 0.459 e. The van der Waals surface area contributed by atoms with E-state index in [1.807, 2.05) is 0 Å². The summed E-state index contributed by atoms with van der Waals surface area (Å²) in [5, 5.41) is 12.1. The number of aliphatic hydroxyl groups excluding tert-OH is 1. The zero-order valence-electron chi connectivity index (χ0n) is 18.1. The number of para-hydroxylation sites is 1. The van der Waals surface area contributed by atoms with Crippen LogP contribution in [0.4, 0.5) is 5.95 Å². The van der Waals surface area contributed by atoms with Crippen molar-refractivity contribution in [1.29, 1.82) is 0 Å². The summed E-state index contributed by atoms with van der Waals surface area (Å²) in [6.45, 7) is 3.12. The van der Waals surface area contributed by atoms with Gasteiger partial charge in [0, 0.05) is 6.42 Å². The number of aromatic nitrogens is 3. The molecule has 12 nitrogen and oxygen atoms in total. The molecule has 14 heteroatoms. The van der Waals surface area contributed by atoms with Crippen LogP contribution >= 0.6 is 19.5 Å². The van der Waals surface area contributed by atoms with Crippen molar-refractivity contribution >= 4 is 31.4 Å². The first-order valence-electron chi connectivity index (χ1n) is 10.2. The highest BCUT2D eigenvalue weighted by atomic mass is 32.2. The Morgan fingerprint density at radius 2 is 2.15 bits per heavy atom. The van der Waals surface area contributed by atoms with E-state index in [2.05, 4.69) is 15.1 Å². The quantitative estimate of drug-likeness (QED) is 0.317. The zero-order valence-corrected chi connectivity index (χ0v) is 19.8. The van der Waals surface area contributed by atoms with E-state index in [4.69, 9.17) is 19.5 Å². The van der Waals surface area contributed by atoms with E-state index in [1.165, 1.54) is 29.6 Å². The lowest BCUT2D eigenvalue weighted by Crippen LogP contribution is -2.36. The van der Waals surface area contributed by atoms with Gasteiger partial charge in [-0.05, 0) is 26.0 Å². The predicted molar refractivity (Wildman–Crippen MR) is 122 cm³/mol. The first-order chi connectivity index (χ1) is 15.7. The third-order valence-electron chi connectivity index (χ3n) is 4.63. The lowest BCUT2D eigenvalue weighted by atomic mass is 10.2. The number of ether oxygens (including phenoxy) is 1. The van der Waals surface area contributed by atoms with E-state index >= 15 is 0 Å². The fourth-order valence-electron chi connectivity index (χ4n) is 3.03. The Morgan fingerprint density at radius 1 is 1.42 bits per heavy atom. The molecule has 33 heavy (non-hydrogen) atoms. The van der Waals surface area contributed by atoms with Crippen LogP contribution in [0.15, 0.2) is 41.5 Å². The third-order valence-corrected chi connectivity index (χ3v) is 7.81. The minimum absolute atomic E-state index is 0.138. The van der Waals surface area contributed by atoms with E-state index in [0.29, 0.717) is 0 Å². The number of hydrogen-bond donors (Lipinski definition) is 3. The van der Waals surface area contributed by atoms with Crippen molar-refractivity contribution in [3.05, 3.63) is 47.1 Å². The van der Waals surface area contributed by atoms with E-state index in [1.54, 1.807) is 37.3 Å². The summed E-state index contributed by atoms with van der Waals surface area (Å²) in [5.74, 6) is -0.482. The number of nitrogens with one attached hydrogen (secondary N) is 1. The zero-order chi connectivity index (χ0) is 24.0. The maximum absolute atomic E-state index is 13.5. The summed E-state index contributed by atoms with van der Waals surface area (Å²) >= 11 is 1.24. The number of nitrogens with two attached hydrogens (primary N) is 1. The number of carbonyl (C=O) groups excluding carboxylic acids is 1. The van der Waals surface area contributed by atoms with Gasteiger partial charge in [-0.1, -0.05) is 18.2 Å². The van der Waals surface area contributed by atoms with Crippen molar-refractivity contribution < 1.29 is 28.3 Å². The molecule has 3 rings (SSSR count). The second kappa shape index (κ2) is 11.1. The van der Waals surface area contributed by atoms with Crippen LogP contribution in [-0.4, -0.2) is 56.2 Å². The molecule has 0 spiro atoms. The van der Waals surface area contributed by atoms with Gasteiger partial charge in [-0.15, -0.1) is 11.8 Å². The molecular weight excluding hydrogens is 473 g/mol. The Bertz CT molecular complexity index is 1060. The molecule has 180 valence electrons. The molecule has 4 N–H and O–H groups in total. The first kappa shape index (κ1) is 25.2. The largest absolute Gasteiger partial charge is 0.465 e. The number of anilines is 1. The number of thioether (sulfide) groups is 1. The fourth-order valence-corrected chi connectivity index (χ4v) is 6.07. The Morgan fingerprint density at radius 3 is 2.82 bits per heavy atom. The summed E-state index contributed by atoms with van der Waals surface area (Å²) in [7, 11) is -4.05. The van der Waals surface area contributed by atoms with E-state index < -0.39 is 42.2 Å². The number of aliphatic hydroxyl groups is 1. The first-order valence-corrected chi connectivity index (χ1v) is 12.7. The van der Waals surface area contributed by atoms with Gasteiger partial charge >= 0.3 is 19.4 Å². The third kappa shape index (κ3) is 6.78. The molecule has 2 heterocycles. The van der Waals surface area contributed by atoms with Gasteiger partial charge in [0.15, 0.2) is 0 Å². The molecule has 1 aliphatic rings. The lowest BCUT2D eigenvalue weighted by molar-refractivity contribution is -0.144. The maximum atomic E-state index is 13.5. The number of hydrogen-bond acceptors (Lipinski definition) is 11. The SMILES string of the molecule is CCOC(=O)[C@H](C)N[P@](=O)(OC[C@H]1S[C@@H](n2cnc(N)nc2=O)C[C@@H]1O)Oc1ccccc1. The molecule has 0 aliphatic carbocycles. The summed E-state index contributed by atoms with van der Waals surface area (Å²) < 4.78 is 30.9. The highest BCUT2D eigenvalue weighted by molar-refractivity contribution is 8.00. The molecule has 0 saturated carbocycles. The van der Waals surface area contributed by atoms with Gasteiger partial charge in [0.05, 0.1) is 29.9 Å². The molecule has 0 radical (unpaired) electrons. The van der Waals surface area contributed by atoms with E-state index in [0.717, 1.165) is 0 Å². The minimum Gasteiger partial charge on any atom is -0.465 e. The molecular formula is C19H26N5O7PS. The van der Waals surface area contributed by atoms with Crippen molar-refractivity contribution in [2.45, 2.75) is 43.0 Å². The highest BCUT2D eigenvalue weighted by Crippen LogP contribution is 2.48. The molecule has 1 fully saturated rings. The van der Waals surface area contributed by atoms with Crippen molar-refractivity contribution in [3.63, 3.8) is 0 Å². The number of benzene rings is 1. The topological polar surface area (TPSA) is 168 Å². The number of nitrogens with zero attached hydrogens (tertiary/aromatic N) is 3. The van der Waals surface area contributed by atoms with E-state index in [9.17, 15) is 19.3 Å². The summed E-state index contributed by atoms with van der Waals surface area (Å²) in [4.78, 5) is 31.5. The Kier molecular flexibility index (Phi) is 8.49. The van der Waals surface area contributed by atoms with Crippen molar-refractivity contribution in [2.24, 2.45) is 0 Å². The van der Waals surface area contributed by atoms with Gasteiger partial charge in [-0.2, -0.15) is 10.1 Å². The monoisotopic (exact) mass is 499 g/mol. The van der Waals surface area contributed by atoms with Gasteiger partial charge in [0.1, 0.15) is 18.1 Å². The van der Waals surface area contributed by atoms with Crippen LogP contribution in [0.25, 0.3) is 0 Å². The van der Waals surface area contributed by atoms with E-state index in [-0.39, 0.29) is 31.3 Å². The van der Waals surface area contributed by atoms with Gasteiger partial charge in [-0.3, -0.25) is 13.9 Å². The Labute approximate surface area is 194 Å². The minimum atomic E-state index is -4.05. The second-order valence-corrected chi connectivity index (χ2v) is 10.3. The van der Waals surface area contributed by atoms with Crippen LogP contribution in [-0.2, 0) is 18.6 Å². The molecule has 5 atom stereocenters.